The summed E-state index contributed by atoms with van der Waals surface area (Å²) in [4.78, 5) is 32.6. The van der Waals surface area contributed by atoms with Crippen LogP contribution in [0.3, 0.4) is 0 Å². The van der Waals surface area contributed by atoms with Crippen molar-refractivity contribution in [1.29, 1.82) is 0 Å². The van der Waals surface area contributed by atoms with Gasteiger partial charge in [-0.25, -0.2) is 4.98 Å². The summed E-state index contributed by atoms with van der Waals surface area (Å²) in [6.45, 7) is 8.60. The lowest BCUT2D eigenvalue weighted by Crippen LogP contribution is -2.43. The lowest BCUT2D eigenvalue weighted by molar-refractivity contribution is -0.126. The molecule has 0 bridgehead atoms. The van der Waals surface area contributed by atoms with Crippen molar-refractivity contribution >= 4 is 23.2 Å². The minimum absolute atomic E-state index is 0.00708. The van der Waals surface area contributed by atoms with Crippen molar-refractivity contribution in [3.05, 3.63) is 34.8 Å². The summed E-state index contributed by atoms with van der Waals surface area (Å²) in [7, 11) is 0. The number of carbonyl (C=O) groups excluding carboxylic acids is 2. The molecule has 7 heteroatoms. The molecule has 0 unspecified atom stereocenters. The van der Waals surface area contributed by atoms with Crippen molar-refractivity contribution in [3.63, 3.8) is 0 Å². The Balaban J connectivity index is 1.57. The predicted molar refractivity (Wildman–Crippen MR) is 125 cm³/mol. The molecule has 0 atom stereocenters. The highest BCUT2D eigenvalue weighted by molar-refractivity contribution is 7.17. The van der Waals surface area contributed by atoms with Gasteiger partial charge in [0.2, 0.25) is 5.91 Å². The highest BCUT2D eigenvalue weighted by Crippen LogP contribution is 2.31. The van der Waals surface area contributed by atoms with Gasteiger partial charge in [0, 0.05) is 31.1 Å². The van der Waals surface area contributed by atoms with Crippen molar-refractivity contribution < 1.29 is 14.3 Å². The first kappa shape index (κ1) is 23.3. The molecule has 0 aliphatic carbocycles. The molecule has 31 heavy (non-hydrogen) atoms. The van der Waals surface area contributed by atoms with Crippen LogP contribution < -0.4 is 10.1 Å². The normalized spacial score (nSPS) is 14.5. The van der Waals surface area contributed by atoms with E-state index < -0.39 is 0 Å². The van der Waals surface area contributed by atoms with Gasteiger partial charge in [-0.1, -0.05) is 19.8 Å². The minimum atomic E-state index is 0.00708. The molecule has 2 amide bonds. The third-order valence-electron chi connectivity index (χ3n) is 5.64. The maximum atomic E-state index is 13.1. The van der Waals surface area contributed by atoms with Crippen LogP contribution in [0.2, 0.25) is 0 Å². The van der Waals surface area contributed by atoms with E-state index in [9.17, 15) is 9.59 Å². The second-order valence-electron chi connectivity index (χ2n) is 7.96. The molecule has 0 spiro atoms. The number of hydrogen-bond acceptors (Lipinski definition) is 5. The maximum Gasteiger partial charge on any atom is 0.265 e. The Labute approximate surface area is 189 Å². The number of ether oxygens (including phenoxy) is 1. The van der Waals surface area contributed by atoms with E-state index in [-0.39, 0.29) is 17.7 Å². The molecule has 2 aromatic rings. The number of likely N-dealkylation sites (tertiary alicyclic amines) is 1. The van der Waals surface area contributed by atoms with Gasteiger partial charge in [0.1, 0.15) is 15.6 Å². The number of aryl methyl sites for hydroxylation is 1. The summed E-state index contributed by atoms with van der Waals surface area (Å²) in [5.74, 6) is 0.990. The molecule has 0 radical (unpaired) electrons. The molecule has 1 aliphatic heterocycles. The smallest absolute Gasteiger partial charge is 0.265 e. The monoisotopic (exact) mass is 443 g/mol. The fourth-order valence-corrected chi connectivity index (χ4v) is 4.84. The average Bonchev–Trinajstić information content (AvgIpc) is 3.18. The number of benzene rings is 1. The molecule has 1 aromatic carbocycles. The first-order valence-corrected chi connectivity index (χ1v) is 12.1. The van der Waals surface area contributed by atoms with Gasteiger partial charge in [-0.15, -0.1) is 11.3 Å². The number of piperidine rings is 1. The molecule has 3 rings (SSSR count). The predicted octanol–water partition coefficient (Wildman–Crippen LogP) is 4.68. The van der Waals surface area contributed by atoms with Crippen molar-refractivity contribution in [1.82, 2.24) is 15.2 Å². The zero-order chi connectivity index (χ0) is 22.2. The third-order valence-corrected chi connectivity index (χ3v) is 6.83. The number of unbranched alkanes of at least 4 members (excludes halogenated alkanes) is 2. The third kappa shape index (κ3) is 6.06. The van der Waals surface area contributed by atoms with Crippen LogP contribution in [0.1, 0.15) is 61.3 Å². The molecule has 168 valence electrons. The van der Waals surface area contributed by atoms with Crippen molar-refractivity contribution in [3.8, 4) is 16.3 Å². The Hall–Kier alpha value is -2.41. The van der Waals surface area contributed by atoms with Gasteiger partial charge in [0.25, 0.3) is 5.91 Å². The number of rotatable bonds is 9. The van der Waals surface area contributed by atoms with E-state index >= 15 is 0 Å². The lowest BCUT2D eigenvalue weighted by Gasteiger charge is -2.31. The average molecular weight is 444 g/mol. The molecular weight excluding hydrogens is 410 g/mol. The number of amides is 2. The van der Waals surface area contributed by atoms with E-state index in [4.69, 9.17) is 4.74 Å². The fourth-order valence-electron chi connectivity index (χ4n) is 3.80. The van der Waals surface area contributed by atoms with Gasteiger partial charge in [0.05, 0.1) is 12.3 Å². The van der Waals surface area contributed by atoms with Gasteiger partial charge in [0.15, 0.2) is 0 Å². The minimum Gasteiger partial charge on any atom is -0.494 e. The number of nitrogens with zero attached hydrogens (tertiary/aromatic N) is 2. The van der Waals surface area contributed by atoms with Crippen LogP contribution in [0.15, 0.2) is 24.3 Å². The Kier molecular flexibility index (Phi) is 8.46. The molecule has 1 aliphatic rings. The Morgan fingerprint density at radius 3 is 2.52 bits per heavy atom. The molecule has 0 saturated carbocycles. The summed E-state index contributed by atoms with van der Waals surface area (Å²) >= 11 is 1.43. The van der Waals surface area contributed by atoms with Crippen LogP contribution in [0.25, 0.3) is 10.6 Å². The first-order chi connectivity index (χ1) is 15.0. The van der Waals surface area contributed by atoms with Gasteiger partial charge in [-0.05, 0) is 57.4 Å². The summed E-state index contributed by atoms with van der Waals surface area (Å²) < 4.78 is 5.49. The topological polar surface area (TPSA) is 71.5 Å². The SMILES string of the molecule is CCCCCNC(=O)C1CCN(C(=O)c2sc(-c3ccc(OCC)cc3)nc2C)CC1. The van der Waals surface area contributed by atoms with Crippen LogP contribution in [0.4, 0.5) is 0 Å². The largest absolute Gasteiger partial charge is 0.494 e. The van der Waals surface area contributed by atoms with Gasteiger partial charge in [-0.3, -0.25) is 9.59 Å². The van der Waals surface area contributed by atoms with Crippen molar-refractivity contribution in [2.45, 2.75) is 52.9 Å². The van der Waals surface area contributed by atoms with E-state index in [1.807, 2.05) is 43.0 Å². The summed E-state index contributed by atoms with van der Waals surface area (Å²) in [6.07, 6.45) is 4.75. The molecule has 1 saturated heterocycles. The second kappa shape index (κ2) is 11.3. The highest BCUT2D eigenvalue weighted by atomic mass is 32.1. The van der Waals surface area contributed by atoms with Gasteiger partial charge < -0.3 is 15.0 Å². The molecule has 6 nitrogen and oxygen atoms in total. The molecule has 1 fully saturated rings. The van der Waals surface area contributed by atoms with Gasteiger partial charge >= 0.3 is 0 Å². The summed E-state index contributed by atoms with van der Waals surface area (Å²) in [5.41, 5.74) is 1.74. The van der Waals surface area contributed by atoms with Crippen LogP contribution in [-0.4, -0.2) is 47.9 Å². The van der Waals surface area contributed by atoms with Crippen LogP contribution in [-0.2, 0) is 4.79 Å². The fraction of sp³-hybridized carbons (Fsp3) is 0.542. The highest BCUT2D eigenvalue weighted by Gasteiger charge is 2.29. The zero-order valence-electron chi connectivity index (χ0n) is 18.8. The van der Waals surface area contributed by atoms with Gasteiger partial charge in [-0.2, -0.15) is 0 Å². The molecule has 2 heterocycles. The Morgan fingerprint density at radius 2 is 1.87 bits per heavy atom. The first-order valence-electron chi connectivity index (χ1n) is 11.3. The van der Waals surface area contributed by atoms with E-state index in [0.29, 0.717) is 24.6 Å². The van der Waals surface area contributed by atoms with Crippen molar-refractivity contribution in [2.75, 3.05) is 26.2 Å². The molecule has 1 aromatic heterocycles. The van der Waals surface area contributed by atoms with Crippen LogP contribution in [0, 0.1) is 12.8 Å². The van der Waals surface area contributed by atoms with Crippen LogP contribution in [0.5, 0.6) is 5.75 Å². The quantitative estimate of drug-likeness (QED) is 0.572. The number of carbonyl (C=O) groups is 2. The molecular formula is C24H33N3O3S. The van der Waals surface area contributed by atoms with Crippen LogP contribution >= 0.6 is 11.3 Å². The van der Waals surface area contributed by atoms with Crippen molar-refractivity contribution in [2.24, 2.45) is 5.92 Å². The standard InChI is InChI=1S/C24H33N3O3S/c1-4-6-7-14-25-22(28)18-12-15-27(16-13-18)24(29)21-17(3)26-23(31-21)19-8-10-20(11-9-19)30-5-2/h8-11,18H,4-7,12-16H2,1-3H3,(H,25,28). The summed E-state index contributed by atoms with van der Waals surface area (Å²) in [5, 5.41) is 3.88. The number of thiazole rings is 1. The summed E-state index contributed by atoms with van der Waals surface area (Å²) in [6, 6.07) is 7.80. The lowest BCUT2D eigenvalue weighted by atomic mass is 9.95. The van der Waals surface area contributed by atoms with E-state index in [0.717, 1.165) is 60.7 Å². The van der Waals surface area contributed by atoms with E-state index in [2.05, 4.69) is 17.2 Å². The van der Waals surface area contributed by atoms with E-state index in [1.54, 1.807) is 0 Å². The zero-order valence-corrected chi connectivity index (χ0v) is 19.6. The Morgan fingerprint density at radius 1 is 1.16 bits per heavy atom. The number of nitrogens with one attached hydrogen (secondary N) is 1. The number of hydrogen-bond donors (Lipinski definition) is 1. The van der Waals surface area contributed by atoms with E-state index in [1.165, 1.54) is 11.3 Å². The Bertz CT molecular complexity index is 871. The maximum absolute atomic E-state index is 13.1. The second-order valence-corrected chi connectivity index (χ2v) is 8.95. The number of aromatic nitrogens is 1. The molecule has 1 N–H and O–H groups in total.